The summed E-state index contributed by atoms with van der Waals surface area (Å²) in [5, 5.41) is 6.29. The molecular formula is C10H12ClFN2OS. The summed E-state index contributed by atoms with van der Waals surface area (Å²) in [6.45, 7) is 1.10. The second kappa shape index (κ2) is 6.62. The van der Waals surface area contributed by atoms with Crippen LogP contribution in [0.25, 0.3) is 0 Å². The first-order chi connectivity index (χ1) is 7.63. The van der Waals surface area contributed by atoms with Gasteiger partial charge >= 0.3 is 0 Å². The molecule has 0 atom stereocenters. The van der Waals surface area contributed by atoms with Gasteiger partial charge in [-0.05, 0) is 30.4 Å². The van der Waals surface area contributed by atoms with Crippen LogP contribution in [0.3, 0.4) is 0 Å². The van der Waals surface area contributed by atoms with Crippen LogP contribution in [0.4, 0.5) is 10.1 Å². The summed E-state index contributed by atoms with van der Waals surface area (Å²) >= 11 is 10.6. The van der Waals surface area contributed by atoms with Gasteiger partial charge < -0.3 is 15.4 Å². The largest absolute Gasteiger partial charge is 0.383 e. The molecule has 0 saturated heterocycles. The minimum absolute atomic E-state index is 0.291. The van der Waals surface area contributed by atoms with Crippen LogP contribution in [0.15, 0.2) is 18.2 Å². The van der Waals surface area contributed by atoms with Crippen molar-refractivity contribution < 1.29 is 9.13 Å². The maximum atomic E-state index is 13.3. The Morgan fingerprint density at radius 2 is 2.31 bits per heavy atom. The van der Waals surface area contributed by atoms with E-state index in [1.54, 1.807) is 13.2 Å². The smallest absolute Gasteiger partial charge is 0.170 e. The molecule has 1 aromatic rings. The first-order valence-corrected chi connectivity index (χ1v) is 5.41. The van der Waals surface area contributed by atoms with Crippen molar-refractivity contribution in [3.8, 4) is 0 Å². The van der Waals surface area contributed by atoms with E-state index in [1.807, 2.05) is 0 Å². The second-order valence-electron chi connectivity index (χ2n) is 3.00. The van der Waals surface area contributed by atoms with Gasteiger partial charge in [-0.25, -0.2) is 4.39 Å². The van der Waals surface area contributed by atoms with E-state index in [9.17, 15) is 4.39 Å². The molecule has 1 rings (SSSR count). The van der Waals surface area contributed by atoms with Crippen molar-refractivity contribution in [3.63, 3.8) is 0 Å². The molecule has 0 unspecified atom stereocenters. The van der Waals surface area contributed by atoms with Gasteiger partial charge in [-0.3, -0.25) is 0 Å². The average Bonchev–Trinajstić information content (AvgIpc) is 2.23. The van der Waals surface area contributed by atoms with Crippen LogP contribution in [0.5, 0.6) is 0 Å². The summed E-state index contributed by atoms with van der Waals surface area (Å²) in [6, 6.07) is 4.34. The summed E-state index contributed by atoms with van der Waals surface area (Å²) in [4.78, 5) is 0. The van der Waals surface area contributed by atoms with Crippen molar-refractivity contribution in [2.75, 3.05) is 25.6 Å². The Bertz CT molecular complexity index is 376. The predicted octanol–water partition coefficient (Wildman–Crippen LogP) is 2.41. The highest BCUT2D eigenvalue weighted by Gasteiger charge is 2.04. The van der Waals surface area contributed by atoms with Crippen LogP contribution in [-0.2, 0) is 4.74 Å². The van der Waals surface area contributed by atoms with Crippen molar-refractivity contribution in [1.29, 1.82) is 0 Å². The Kier molecular flexibility index (Phi) is 5.45. The summed E-state index contributed by atoms with van der Waals surface area (Å²) in [5.41, 5.74) is 0.291. The fourth-order valence-electron chi connectivity index (χ4n) is 1.02. The lowest BCUT2D eigenvalue weighted by molar-refractivity contribution is 0.204. The van der Waals surface area contributed by atoms with E-state index >= 15 is 0 Å². The normalized spacial score (nSPS) is 9.94. The predicted molar refractivity (Wildman–Crippen MR) is 67.5 cm³/mol. The number of methoxy groups -OCH3 is 1. The molecule has 0 radical (unpaired) electrons. The average molecular weight is 263 g/mol. The fourth-order valence-corrected chi connectivity index (χ4v) is 1.39. The molecule has 0 fully saturated rings. The number of thiocarbonyl (C=S) groups is 1. The number of halogens is 2. The number of nitrogens with one attached hydrogen (secondary N) is 2. The van der Waals surface area contributed by atoms with Crippen LogP contribution < -0.4 is 10.6 Å². The molecular weight excluding hydrogens is 251 g/mol. The zero-order valence-corrected chi connectivity index (χ0v) is 10.3. The van der Waals surface area contributed by atoms with Crippen molar-refractivity contribution in [2.24, 2.45) is 0 Å². The first-order valence-electron chi connectivity index (χ1n) is 4.62. The maximum absolute atomic E-state index is 13.3. The molecule has 1 aromatic carbocycles. The number of anilines is 1. The van der Waals surface area contributed by atoms with Gasteiger partial charge in [-0.1, -0.05) is 11.6 Å². The number of hydrogen-bond donors (Lipinski definition) is 2. The van der Waals surface area contributed by atoms with Crippen LogP contribution in [0.1, 0.15) is 0 Å². The van der Waals surface area contributed by atoms with Gasteiger partial charge in [0.1, 0.15) is 5.82 Å². The van der Waals surface area contributed by atoms with Gasteiger partial charge in [0.05, 0.1) is 12.3 Å². The summed E-state index contributed by atoms with van der Waals surface area (Å²) in [5.74, 6) is -0.441. The molecule has 0 aliphatic rings. The Morgan fingerprint density at radius 3 is 2.94 bits per heavy atom. The summed E-state index contributed by atoms with van der Waals surface area (Å²) < 4.78 is 18.2. The fraction of sp³-hybridized carbons (Fsp3) is 0.300. The zero-order chi connectivity index (χ0) is 12.0. The van der Waals surface area contributed by atoms with Crippen LogP contribution in [-0.4, -0.2) is 25.4 Å². The molecule has 0 bridgehead atoms. The van der Waals surface area contributed by atoms with E-state index in [0.717, 1.165) is 0 Å². The molecule has 6 heteroatoms. The Labute approximate surface area is 104 Å². The van der Waals surface area contributed by atoms with E-state index in [1.165, 1.54) is 12.1 Å². The zero-order valence-electron chi connectivity index (χ0n) is 8.72. The van der Waals surface area contributed by atoms with Gasteiger partial charge in [0.2, 0.25) is 0 Å². The Hall–Kier alpha value is -0.910. The van der Waals surface area contributed by atoms with Crippen molar-refractivity contribution in [1.82, 2.24) is 5.32 Å². The number of rotatable bonds is 4. The monoisotopic (exact) mass is 262 g/mol. The summed E-state index contributed by atoms with van der Waals surface area (Å²) in [7, 11) is 1.59. The van der Waals surface area contributed by atoms with Gasteiger partial charge in [0.15, 0.2) is 5.11 Å². The molecule has 16 heavy (non-hydrogen) atoms. The topological polar surface area (TPSA) is 33.3 Å². The maximum Gasteiger partial charge on any atom is 0.170 e. The van der Waals surface area contributed by atoms with E-state index < -0.39 is 5.82 Å². The number of benzene rings is 1. The molecule has 0 aromatic heterocycles. The molecule has 0 aliphatic carbocycles. The van der Waals surface area contributed by atoms with Gasteiger partial charge in [-0.2, -0.15) is 0 Å². The van der Waals surface area contributed by atoms with E-state index in [2.05, 4.69) is 10.6 Å². The third kappa shape index (κ3) is 4.30. The number of ether oxygens (including phenoxy) is 1. The molecule has 0 heterocycles. The van der Waals surface area contributed by atoms with E-state index in [-0.39, 0.29) is 0 Å². The van der Waals surface area contributed by atoms with Crippen LogP contribution in [0.2, 0.25) is 5.02 Å². The molecule has 2 N–H and O–H groups in total. The highest BCUT2D eigenvalue weighted by molar-refractivity contribution is 7.80. The molecule has 88 valence electrons. The lowest BCUT2D eigenvalue weighted by atomic mass is 10.3. The standard InChI is InChI=1S/C10H12ClFN2OS/c1-15-5-4-13-10(16)14-9-3-2-7(11)6-8(9)12/h2-3,6H,4-5H2,1H3,(H2,13,14,16). The molecule has 3 nitrogen and oxygen atoms in total. The first kappa shape index (κ1) is 13.2. The second-order valence-corrected chi connectivity index (χ2v) is 3.84. The van der Waals surface area contributed by atoms with Crippen molar-refractivity contribution in [2.45, 2.75) is 0 Å². The molecule has 0 saturated carbocycles. The van der Waals surface area contributed by atoms with Gasteiger partial charge in [-0.15, -0.1) is 0 Å². The minimum Gasteiger partial charge on any atom is -0.383 e. The highest BCUT2D eigenvalue weighted by Crippen LogP contribution is 2.18. The van der Waals surface area contributed by atoms with Crippen molar-refractivity contribution in [3.05, 3.63) is 29.0 Å². The quantitative estimate of drug-likeness (QED) is 0.645. The third-order valence-corrected chi connectivity index (χ3v) is 2.25. The SMILES string of the molecule is COCCNC(=S)Nc1ccc(Cl)cc1F. The third-order valence-electron chi connectivity index (χ3n) is 1.77. The van der Waals surface area contributed by atoms with Crippen LogP contribution >= 0.6 is 23.8 Å². The van der Waals surface area contributed by atoms with Crippen LogP contribution in [0, 0.1) is 5.82 Å². The molecule has 0 amide bonds. The van der Waals surface area contributed by atoms with Gasteiger partial charge in [0, 0.05) is 18.7 Å². The van der Waals surface area contributed by atoms with Crippen molar-refractivity contribution >= 4 is 34.6 Å². The van der Waals surface area contributed by atoms with Gasteiger partial charge in [0.25, 0.3) is 0 Å². The highest BCUT2D eigenvalue weighted by atomic mass is 35.5. The summed E-state index contributed by atoms with van der Waals surface area (Å²) in [6.07, 6.45) is 0. The lowest BCUT2D eigenvalue weighted by Gasteiger charge is -2.10. The lowest BCUT2D eigenvalue weighted by Crippen LogP contribution is -2.31. The molecule has 0 aliphatic heterocycles. The number of hydrogen-bond acceptors (Lipinski definition) is 2. The van der Waals surface area contributed by atoms with E-state index in [4.69, 9.17) is 28.6 Å². The minimum atomic E-state index is -0.441. The molecule has 0 spiro atoms. The van der Waals surface area contributed by atoms with E-state index in [0.29, 0.717) is 29.0 Å². The Morgan fingerprint density at radius 1 is 1.56 bits per heavy atom. The Balaban J connectivity index is 2.49.